The Bertz CT molecular complexity index is 593. The fourth-order valence-electron chi connectivity index (χ4n) is 2.16. The molecule has 1 aliphatic carbocycles. The molecular formula is C13H16N6O. The lowest BCUT2D eigenvalue weighted by atomic mass is 10.1. The Morgan fingerprint density at radius 1 is 1.45 bits per heavy atom. The summed E-state index contributed by atoms with van der Waals surface area (Å²) in [5.74, 6) is 0.431. The number of hydrogen-bond donors (Lipinski definition) is 2. The van der Waals surface area contributed by atoms with E-state index in [0.717, 1.165) is 18.5 Å². The number of nitrogens with zero attached hydrogens (tertiary/aromatic N) is 4. The van der Waals surface area contributed by atoms with Crippen LogP contribution in [0.2, 0.25) is 0 Å². The summed E-state index contributed by atoms with van der Waals surface area (Å²) in [7, 11) is 0. The second-order valence-corrected chi connectivity index (χ2v) is 5.03. The van der Waals surface area contributed by atoms with Gasteiger partial charge in [-0.25, -0.2) is 0 Å². The van der Waals surface area contributed by atoms with E-state index in [9.17, 15) is 4.79 Å². The average Bonchev–Trinajstić information content (AvgIpc) is 3.15. The molecule has 0 aliphatic heterocycles. The predicted octanol–water partition coefficient (Wildman–Crippen LogP) is 0.728. The minimum atomic E-state index is -0.0788. The number of amides is 1. The van der Waals surface area contributed by atoms with E-state index in [-0.39, 0.29) is 11.9 Å². The molecular weight excluding hydrogens is 256 g/mol. The highest BCUT2D eigenvalue weighted by Crippen LogP contribution is 2.33. The molecule has 0 saturated heterocycles. The lowest BCUT2D eigenvalue weighted by molar-refractivity contribution is -0.116. The van der Waals surface area contributed by atoms with Gasteiger partial charge in [0, 0.05) is 12.5 Å². The summed E-state index contributed by atoms with van der Waals surface area (Å²) in [6, 6.07) is 7.33. The van der Waals surface area contributed by atoms with Crippen LogP contribution in [0.25, 0.3) is 5.69 Å². The van der Waals surface area contributed by atoms with Crippen LogP contribution in [0.1, 0.15) is 19.3 Å². The molecule has 0 spiro atoms. The van der Waals surface area contributed by atoms with Crippen molar-refractivity contribution in [2.24, 2.45) is 11.7 Å². The summed E-state index contributed by atoms with van der Waals surface area (Å²) in [4.78, 5) is 12.0. The highest BCUT2D eigenvalue weighted by atomic mass is 16.1. The van der Waals surface area contributed by atoms with E-state index in [1.54, 1.807) is 0 Å². The fourth-order valence-corrected chi connectivity index (χ4v) is 2.16. The second-order valence-electron chi connectivity index (χ2n) is 5.03. The molecule has 1 aromatic carbocycles. The number of aromatic nitrogens is 4. The zero-order valence-electron chi connectivity index (χ0n) is 10.9. The molecule has 1 fully saturated rings. The van der Waals surface area contributed by atoms with Crippen molar-refractivity contribution < 1.29 is 4.79 Å². The molecule has 1 atom stereocenters. The SMILES string of the molecule is NC(CC(=O)Nc1ccccc1-n1cnnn1)C1CC1. The smallest absolute Gasteiger partial charge is 0.226 e. The molecule has 1 heterocycles. The standard InChI is InChI=1S/C13H16N6O/c14-10(9-5-6-9)7-13(20)16-11-3-1-2-4-12(11)19-8-15-17-18-19/h1-4,8-10H,5-7,14H2,(H,16,20). The van der Waals surface area contributed by atoms with Crippen LogP contribution in [0.5, 0.6) is 0 Å². The normalized spacial score (nSPS) is 15.8. The van der Waals surface area contributed by atoms with E-state index in [4.69, 9.17) is 5.73 Å². The third kappa shape index (κ3) is 2.83. The lowest BCUT2D eigenvalue weighted by Crippen LogP contribution is -2.29. The fraction of sp³-hybridized carbons (Fsp3) is 0.385. The van der Waals surface area contributed by atoms with Gasteiger partial charge in [0.2, 0.25) is 5.91 Å². The first-order valence-corrected chi connectivity index (χ1v) is 6.62. The van der Waals surface area contributed by atoms with Gasteiger partial charge in [-0.3, -0.25) is 4.79 Å². The molecule has 104 valence electrons. The number of rotatable bonds is 5. The van der Waals surface area contributed by atoms with Crippen molar-refractivity contribution in [1.82, 2.24) is 20.2 Å². The van der Waals surface area contributed by atoms with Crippen molar-refractivity contribution >= 4 is 11.6 Å². The molecule has 0 radical (unpaired) electrons. The van der Waals surface area contributed by atoms with Crippen LogP contribution in [0.3, 0.4) is 0 Å². The maximum absolute atomic E-state index is 12.0. The van der Waals surface area contributed by atoms with Gasteiger partial charge in [0.05, 0.1) is 11.4 Å². The third-order valence-electron chi connectivity index (χ3n) is 3.42. The van der Waals surface area contributed by atoms with Crippen molar-refractivity contribution in [3.8, 4) is 5.69 Å². The van der Waals surface area contributed by atoms with Gasteiger partial charge in [0.1, 0.15) is 6.33 Å². The Balaban J connectivity index is 1.72. The van der Waals surface area contributed by atoms with Crippen molar-refractivity contribution in [2.75, 3.05) is 5.32 Å². The Labute approximate surface area is 116 Å². The number of anilines is 1. The van der Waals surface area contributed by atoms with Crippen LogP contribution in [0.4, 0.5) is 5.69 Å². The topological polar surface area (TPSA) is 98.7 Å². The van der Waals surface area contributed by atoms with Crippen molar-refractivity contribution in [2.45, 2.75) is 25.3 Å². The molecule has 7 nitrogen and oxygen atoms in total. The van der Waals surface area contributed by atoms with E-state index < -0.39 is 0 Å². The monoisotopic (exact) mass is 272 g/mol. The van der Waals surface area contributed by atoms with Gasteiger partial charge >= 0.3 is 0 Å². The first-order chi connectivity index (χ1) is 9.74. The van der Waals surface area contributed by atoms with E-state index in [2.05, 4.69) is 20.8 Å². The van der Waals surface area contributed by atoms with Crippen LogP contribution in [0.15, 0.2) is 30.6 Å². The Morgan fingerprint density at radius 2 is 2.25 bits per heavy atom. The zero-order valence-corrected chi connectivity index (χ0v) is 10.9. The zero-order chi connectivity index (χ0) is 13.9. The summed E-state index contributed by atoms with van der Waals surface area (Å²) in [6.07, 6.45) is 4.10. The number of carbonyl (C=O) groups excluding carboxylic acids is 1. The van der Waals surface area contributed by atoms with Gasteiger partial charge in [-0.05, 0) is 41.3 Å². The molecule has 1 aromatic heterocycles. The van der Waals surface area contributed by atoms with Crippen LogP contribution < -0.4 is 11.1 Å². The molecule has 2 aromatic rings. The average molecular weight is 272 g/mol. The molecule has 1 amide bonds. The van der Waals surface area contributed by atoms with Gasteiger partial charge in [0.25, 0.3) is 0 Å². The quantitative estimate of drug-likeness (QED) is 0.836. The van der Waals surface area contributed by atoms with Gasteiger partial charge in [0.15, 0.2) is 0 Å². The van der Waals surface area contributed by atoms with Crippen LogP contribution in [-0.4, -0.2) is 32.2 Å². The minimum absolute atomic E-state index is 0.0461. The van der Waals surface area contributed by atoms with Gasteiger partial charge < -0.3 is 11.1 Å². The number of carbonyl (C=O) groups is 1. The summed E-state index contributed by atoms with van der Waals surface area (Å²) < 4.78 is 1.51. The van der Waals surface area contributed by atoms with Gasteiger partial charge in [-0.1, -0.05) is 12.1 Å². The number of hydrogen-bond acceptors (Lipinski definition) is 5. The first kappa shape index (κ1) is 12.7. The molecule has 20 heavy (non-hydrogen) atoms. The number of benzene rings is 1. The van der Waals surface area contributed by atoms with Crippen molar-refractivity contribution in [3.05, 3.63) is 30.6 Å². The lowest BCUT2D eigenvalue weighted by Gasteiger charge is -2.12. The second kappa shape index (κ2) is 5.38. The maximum atomic E-state index is 12.0. The number of tetrazole rings is 1. The molecule has 7 heteroatoms. The van der Waals surface area contributed by atoms with E-state index in [0.29, 0.717) is 18.0 Å². The first-order valence-electron chi connectivity index (χ1n) is 6.62. The Hall–Kier alpha value is -2.28. The van der Waals surface area contributed by atoms with E-state index in [1.807, 2.05) is 24.3 Å². The Morgan fingerprint density at radius 3 is 2.95 bits per heavy atom. The Kier molecular flexibility index (Phi) is 3.42. The summed E-state index contributed by atoms with van der Waals surface area (Å²) in [6.45, 7) is 0. The summed E-state index contributed by atoms with van der Waals surface area (Å²) in [5, 5.41) is 13.9. The molecule has 3 N–H and O–H groups in total. The minimum Gasteiger partial charge on any atom is -0.327 e. The highest BCUT2D eigenvalue weighted by Gasteiger charge is 2.29. The third-order valence-corrected chi connectivity index (χ3v) is 3.42. The van der Waals surface area contributed by atoms with Crippen molar-refractivity contribution in [3.63, 3.8) is 0 Å². The molecule has 3 rings (SSSR count). The number of para-hydroxylation sites is 2. The molecule has 0 bridgehead atoms. The van der Waals surface area contributed by atoms with E-state index in [1.165, 1.54) is 11.0 Å². The largest absolute Gasteiger partial charge is 0.327 e. The molecule has 1 unspecified atom stereocenters. The van der Waals surface area contributed by atoms with Crippen molar-refractivity contribution in [1.29, 1.82) is 0 Å². The number of nitrogens with one attached hydrogen (secondary N) is 1. The summed E-state index contributed by atoms with van der Waals surface area (Å²) in [5.41, 5.74) is 7.37. The molecule has 1 saturated carbocycles. The van der Waals surface area contributed by atoms with Gasteiger partial charge in [-0.2, -0.15) is 4.68 Å². The summed E-state index contributed by atoms with van der Waals surface area (Å²) >= 11 is 0. The number of nitrogens with two attached hydrogens (primary N) is 1. The van der Waals surface area contributed by atoms with Crippen LogP contribution in [-0.2, 0) is 4.79 Å². The van der Waals surface area contributed by atoms with Crippen LogP contribution >= 0.6 is 0 Å². The molecule has 1 aliphatic rings. The van der Waals surface area contributed by atoms with Crippen LogP contribution in [0, 0.1) is 5.92 Å². The van der Waals surface area contributed by atoms with Gasteiger partial charge in [-0.15, -0.1) is 5.10 Å². The predicted molar refractivity (Wildman–Crippen MR) is 73.1 cm³/mol. The highest BCUT2D eigenvalue weighted by molar-refractivity contribution is 5.93. The maximum Gasteiger partial charge on any atom is 0.226 e. The van der Waals surface area contributed by atoms with E-state index >= 15 is 0 Å².